The normalized spacial score (nSPS) is 21.5. The summed E-state index contributed by atoms with van der Waals surface area (Å²) in [6.45, 7) is 11.1. The van der Waals surface area contributed by atoms with E-state index in [2.05, 4.69) is 22.9 Å². The van der Waals surface area contributed by atoms with Crippen LogP contribution in [0, 0.1) is 5.92 Å². The standard InChI is InChI=1S/C18H34N4O3/c1-6-7-10-19-16(24)14-9-8-13(2)22(11-14)12-15(23)20-17(25)21-18(3,4)5/h13-14H,6-12H2,1-5H3,(H,19,24)(H2,20,21,23,25). The summed E-state index contributed by atoms with van der Waals surface area (Å²) in [5, 5.41) is 8.03. The second kappa shape index (κ2) is 9.75. The third-order valence-corrected chi connectivity index (χ3v) is 4.30. The third-order valence-electron chi connectivity index (χ3n) is 4.30. The lowest BCUT2D eigenvalue weighted by Gasteiger charge is -2.36. The van der Waals surface area contributed by atoms with Gasteiger partial charge in [0.15, 0.2) is 0 Å². The van der Waals surface area contributed by atoms with E-state index in [0.717, 1.165) is 25.7 Å². The topological polar surface area (TPSA) is 90.5 Å². The van der Waals surface area contributed by atoms with Crippen LogP contribution in [0.5, 0.6) is 0 Å². The lowest BCUT2D eigenvalue weighted by molar-refractivity contribution is -0.129. The number of amides is 4. The van der Waals surface area contributed by atoms with Crippen LogP contribution in [0.4, 0.5) is 4.79 Å². The van der Waals surface area contributed by atoms with Gasteiger partial charge in [0.1, 0.15) is 0 Å². The maximum atomic E-state index is 12.2. The number of likely N-dealkylation sites (tertiary alicyclic amines) is 1. The van der Waals surface area contributed by atoms with Crippen LogP contribution in [0.3, 0.4) is 0 Å². The monoisotopic (exact) mass is 354 g/mol. The predicted octanol–water partition coefficient (Wildman–Crippen LogP) is 1.63. The van der Waals surface area contributed by atoms with Gasteiger partial charge >= 0.3 is 6.03 Å². The van der Waals surface area contributed by atoms with E-state index in [-0.39, 0.29) is 30.3 Å². The lowest BCUT2D eigenvalue weighted by Crippen LogP contribution is -2.53. The molecule has 1 rings (SSSR count). The van der Waals surface area contributed by atoms with Crippen LogP contribution in [0.2, 0.25) is 0 Å². The van der Waals surface area contributed by atoms with Crippen LogP contribution in [0.15, 0.2) is 0 Å². The minimum absolute atomic E-state index is 0.0660. The molecule has 0 aliphatic carbocycles. The summed E-state index contributed by atoms with van der Waals surface area (Å²) in [5.74, 6) is -0.374. The number of rotatable bonds is 6. The molecule has 144 valence electrons. The van der Waals surface area contributed by atoms with Gasteiger partial charge in [0.05, 0.1) is 12.5 Å². The van der Waals surface area contributed by atoms with Gasteiger partial charge in [0.2, 0.25) is 11.8 Å². The molecule has 0 spiro atoms. The molecule has 25 heavy (non-hydrogen) atoms. The minimum Gasteiger partial charge on any atom is -0.356 e. The SMILES string of the molecule is CCCCNC(=O)C1CCC(C)N(CC(=O)NC(=O)NC(C)(C)C)C1. The second-order valence-electron chi connectivity index (χ2n) is 7.95. The fraction of sp³-hybridized carbons (Fsp3) is 0.833. The van der Waals surface area contributed by atoms with Gasteiger partial charge in [-0.2, -0.15) is 0 Å². The van der Waals surface area contributed by atoms with Gasteiger partial charge in [0, 0.05) is 24.7 Å². The van der Waals surface area contributed by atoms with Crippen molar-refractivity contribution >= 4 is 17.8 Å². The largest absolute Gasteiger partial charge is 0.356 e. The second-order valence-corrected chi connectivity index (χ2v) is 7.95. The van der Waals surface area contributed by atoms with E-state index in [1.807, 2.05) is 32.6 Å². The van der Waals surface area contributed by atoms with Crippen LogP contribution < -0.4 is 16.0 Å². The average Bonchev–Trinajstić information content (AvgIpc) is 2.47. The van der Waals surface area contributed by atoms with Crippen molar-refractivity contribution in [3.05, 3.63) is 0 Å². The first-order valence-corrected chi connectivity index (χ1v) is 9.26. The summed E-state index contributed by atoms with van der Waals surface area (Å²) in [5.41, 5.74) is -0.398. The van der Waals surface area contributed by atoms with Gasteiger partial charge in [-0.15, -0.1) is 0 Å². The highest BCUT2D eigenvalue weighted by molar-refractivity contribution is 5.95. The molecule has 0 radical (unpaired) electrons. The number of urea groups is 1. The Kier molecular flexibility index (Phi) is 8.35. The average molecular weight is 354 g/mol. The molecule has 1 fully saturated rings. The zero-order chi connectivity index (χ0) is 19.0. The predicted molar refractivity (Wildman–Crippen MR) is 98.1 cm³/mol. The van der Waals surface area contributed by atoms with E-state index in [1.165, 1.54) is 0 Å². The highest BCUT2D eigenvalue weighted by Gasteiger charge is 2.31. The van der Waals surface area contributed by atoms with Crippen molar-refractivity contribution in [1.82, 2.24) is 20.9 Å². The molecule has 0 aromatic rings. The van der Waals surface area contributed by atoms with Crippen molar-refractivity contribution in [2.75, 3.05) is 19.6 Å². The van der Waals surface area contributed by atoms with E-state index in [0.29, 0.717) is 13.1 Å². The Morgan fingerprint density at radius 2 is 1.84 bits per heavy atom. The summed E-state index contributed by atoms with van der Waals surface area (Å²) in [6.07, 6.45) is 3.73. The van der Waals surface area contributed by atoms with Gasteiger partial charge in [-0.3, -0.25) is 19.8 Å². The Hall–Kier alpha value is -1.63. The fourth-order valence-corrected chi connectivity index (χ4v) is 2.87. The highest BCUT2D eigenvalue weighted by Crippen LogP contribution is 2.21. The number of hydrogen-bond donors (Lipinski definition) is 3. The molecule has 7 nitrogen and oxygen atoms in total. The number of piperidine rings is 1. The molecule has 1 aliphatic rings. The smallest absolute Gasteiger partial charge is 0.321 e. The van der Waals surface area contributed by atoms with Crippen LogP contribution in [0.25, 0.3) is 0 Å². The molecule has 0 aromatic carbocycles. The maximum absolute atomic E-state index is 12.2. The van der Waals surface area contributed by atoms with Crippen molar-refractivity contribution in [1.29, 1.82) is 0 Å². The number of unbranched alkanes of at least 4 members (excludes halogenated alkanes) is 1. The molecular weight excluding hydrogens is 320 g/mol. The number of nitrogens with one attached hydrogen (secondary N) is 3. The minimum atomic E-state index is -0.490. The quantitative estimate of drug-likeness (QED) is 0.632. The van der Waals surface area contributed by atoms with Crippen molar-refractivity contribution in [2.45, 2.75) is 71.9 Å². The van der Waals surface area contributed by atoms with Gasteiger partial charge in [-0.05, 0) is 47.0 Å². The van der Waals surface area contributed by atoms with Crippen molar-refractivity contribution in [2.24, 2.45) is 5.92 Å². The lowest BCUT2D eigenvalue weighted by atomic mass is 9.92. The molecule has 2 unspecified atom stereocenters. The third kappa shape index (κ3) is 8.34. The van der Waals surface area contributed by atoms with Gasteiger partial charge in [-0.25, -0.2) is 4.79 Å². The molecule has 0 aromatic heterocycles. The van der Waals surface area contributed by atoms with Gasteiger partial charge in [-0.1, -0.05) is 13.3 Å². The first kappa shape index (κ1) is 21.4. The summed E-state index contributed by atoms with van der Waals surface area (Å²) < 4.78 is 0. The number of hydrogen-bond acceptors (Lipinski definition) is 4. The van der Waals surface area contributed by atoms with Gasteiger partial charge in [0.25, 0.3) is 0 Å². The van der Waals surface area contributed by atoms with E-state index >= 15 is 0 Å². The molecule has 1 aliphatic heterocycles. The molecule has 0 saturated carbocycles. The fourth-order valence-electron chi connectivity index (χ4n) is 2.87. The van der Waals surface area contributed by atoms with Gasteiger partial charge < -0.3 is 10.6 Å². The zero-order valence-corrected chi connectivity index (χ0v) is 16.3. The van der Waals surface area contributed by atoms with E-state index in [1.54, 1.807) is 0 Å². The molecule has 1 heterocycles. The van der Waals surface area contributed by atoms with E-state index < -0.39 is 11.6 Å². The molecule has 3 N–H and O–H groups in total. The summed E-state index contributed by atoms with van der Waals surface area (Å²) >= 11 is 0. The van der Waals surface area contributed by atoms with E-state index in [4.69, 9.17) is 0 Å². The molecule has 1 saturated heterocycles. The molecular formula is C18H34N4O3. The van der Waals surface area contributed by atoms with Crippen molar-refractivity contribution < 1.29 is 14.4 Å². The maximum Gasteiger partial charge on any atom is 0.321 e. The van der Waals surface area contributed by atoms with Crippen LogP contribution in [-0.2, 0) is 9.59 Å². The number of imide groups is 1. The Morgan fingerprint density at radius 3 is 2.44 bits per heavy atom. The first-order valence-electron chi connectivity index (χ1n) is 9.26. The van der Waals surface area contributed by atoms with Crippen LogP contribution in [0.1, 0.15) is 60.3 Å². The van der Waals surface area contributed by atoms with Crippen molar-refractivity contribution in [3.63, 3.8) is 0 Å². The number of carbonyl (C=O) groups excluding carboxylic acids is 3. The molecule has 7 heteroatoms. The molecule has 0 bridgehead atoms. The summed E-state index contributed by atoms with van der Waals surface area (Å²) in [6, 6.07) is -0.271. The Balaban J connectivity index is 2.48. The Labute approximate surface area is 151 Å². The van der Waals surface area contributed by atoms with Crippen LogP contribution >= 0.6 is 0 Å². The Morgan fingerprint density at radius 1 is 1.16 bits per heavy atom. The zero-order valence-electron chi connectivity index (χ0n) is 16.3. The summed E-state index contributed by atoms with van der Waals surface area (Å²) in [7, 11) is 0. The Bertz CT molecular complexity index is 473. The first-order chi connectivity index (χ1) is 11.6. The van der Waals surface area contributed by atoms with E-state index in [9.17, 15) is 14.4 Å². The van der Waals surface area contributed by atoms with Crippen LogP contribution in [-0.4, -0.2) is 54.0 Å². The number of carbonyl (C=O) groups is 3. The number of nitrogens with zero attached hydrogens (tertiary/aromatic N) is 1. The summed E-state index contributed by atoms with van der Waals surface area (Å²) in [4.78, 5) is 38.1. The molecule has 4 amide bonds. The molecule has 2 atom stereocenters. The van der Waals surface area contributed by atoms with Crippen molar-refractivity contribution in [3.8, 4) is 0 Å². The highest BCUT2D eigenvalue weighted by atomic mass is 16.2.